The number of sulfonamides is 1. The molecule has 0 radical (unpaired) electrons. The molecule has 102 valence electrons. The molecule has 1 aromatic carbocycles. The lowest BCUT2D eigenvalue weighted by molar-refractivity contribution is -0.189. The van der Waals surface area contributed by atoms with Gasteiger partial charge in [-0.3, -0.25) is 0 Å². The monoisotopic (exact) mass is 284 g/mol. The van der Waals surface area contributed by atoms with Gasteiger partial charge in [-0.15, -0.1) is 0 Å². The van der Waals surface area contributed by atoms with Crippen molar-refractivity contribution in [2.75, 3.05) is 5.73 Å². The van der Waals surface area contributed by atoms with E-state index in [9.17, 15) is 21.6 Å². The fourth-order valence-electron chi connectivity index (χ4n) is 1.13. The Morgan fingerprint density at radius 1 is 1.33 bits per heavy atom. The fourth-order valence-corrected chi connectivity index (χ4v) is 1.78. The van der Waals surface area contributed by atoms with Gasteiger partial charge in [-0.1, -0.05) is 0 Å². The summed E-state index contributed by atoms with van der Waals surface area (Å²) in [5, 5.41) is 4.85. The van der Waals surface area contributed by atoms with Gasteiger partial charge in [-0.25, -0.2) is 13.6 Å². The maximum atomic E-state index is 12.2. The molecule has 1 unspecified atom stereocenters. The zero-order valence-corrected chi connectivity index (χ0v) is 10.0. The maximum Gasteiger partial charge on any atom is 0.425 e. The zero-order chi connectivity index (χ0) is 14.1. The molecule has 1 rings (SSSR count). The number of primary sulfonamides is 1. The van der Waals surface area contributed by atoms with Crippen molar-refractivity contribution in [1.29, 1.82) is 0 Å². The van der Waals surface area contributed by atoms with Crippen molar-refractivity contribution >= 4 is 15.7 Å². The van der Waals surface area contributed by atoms with E-state index in [-0.39, 0.29) is 16.3 Å². The van der Waals surface area contributed by atoms with Crippen LogP contribution in [0.1, 0.15) is 6.92 Å². The molecule has 0 amide bonds. The van der Waals surface area contributed by atoms with Gasteiger partial charge in [0.1, 0.15) is 10.6 Å². The van der Waals surface area contributed by atoms with Gasteiger partial charge in [0.05, 0.1) is 5.69 Å². The van der Waals surface area contributed by atoms with Gasteiger partial charge in [0.2, 0.25) is 10.0 Å². The summed E-state index contributed by atoms with van der Waals surface area (Å²) < 4.78 is 63.3. The number of alkyl halides is 3. The van der Waals surface area contributed by atoms with Crippen molar-refractivity contribution in [1.82, 2.24) is 0 Å². The van der Waals surface area contributed by atoms with Crippen LogP contribution in [0.5, 0.6) is 5.75 Å². The summed E-state index contributed by atoms with van der Waals surface area (Å²) in [4.78, 5) is -0.366. The van der Waals surface area contributed by atoms with Crippen LogP contribution in [0.25, 0.3) is 0 Å². The number of halogens is 3. The number of nitrogens with two attached hydrogens (primary N) is 2. The average molecular weight is 284 g/mol. The van der Waals surface area contributed by atoms with Crippen LogP contribution < -0.4 is 15.6 Å². The summed E-state index contributed by atoms with van der Waals surface area (Å²) in [6, 6.07) is 3.02. The predicted octanol–water partition coefficient (Wildman–Crippen LogP) is 1.25. The highest BCUT2D eigenvalue weighted by Gasteiger charge is 2.38. The minimum absolute atomic E-state index is 0.190. The van der Waals surface area contributed by atoms with Crippen LogP contribution in [0.3, 0.4) is 0 Å². The molecule has 0 aliphatic rings. The van der Waals surface area contributed by atoms with Crippen LogP contribution in [0.15, 0.2) is 23.1 Å². The van der Waals surface area contributed by atoms with Crippen LogP contribution in [-0.2, 0) is 10.0 Å². The van der Waals surface area contributed by atoms with Gasteiger partial charge in [0.25, 0.3) is 0 Å². The molecule has 0 aliphatic carbocycles. The molecule has 0 fully saturated rings. The molecule has 0 aliphatic heterocycles. The van der Waals surface area contributed by atoms with Gasteiger partial charge in [0, 0.05) is 6.07 Å². The number of rotatable bonds is 3. The Labute approximate surface area is 102 Å². The zero-order valence-electron chi connectivity index (χ0n) is 9.23. The molecule has 9 heteroatoms. The number of anilines is 1. The van der Waals surface area contributed by atoms with Gasteiger partial charge in [-0.05, 0) is 19.1 Å². The second-order valence-corrected chi connectivity index (χ2v) is 5.08. The first kappa shape index (κ1) is 14.6. The Hall–Kier alpha value is -1.48. The molecule has 18 heavy (non-hydrogen) atoms. The average Bonchev–Trinajstić information content (AvgIpc) is 2.13. The lowest BCUT2D eigenvalue weighted by atomic mass is 10.3. The summed E-state index contributed by atoms with van der Waals surface area (Å²) in [6.45, 7) is 0.823. The minimum atomic E-state index is -4.52. The van der Waals surface area contributed by atoms with E-state index >= 15 is 0 Å². The lowest BCUT2D eigenvalue weighted by Gasteiger charge is -2.18. The summed E-state index contributed by atoms with van der Waals surface area (Å²) in [7, 11) is -4.01. The first-order chi connectivity index (χ1) is 8.01. The molecule has 0 saturated carbocycles. The van der Waals surface area contributed by atoms with Crippen LogP contribution >= 0.6 is 0 Å². The first-order valence-corrected chi connectivity index (χ1v) is 6.22. The van der Waals surface area contributed by atoms with E-state index in [1.807, 2.05) is 0 Å². The summed E-state index contributed by atoms with van der Waals surface area (Å²) in [5.74, 6) is -0.190. The number of hydrogen-bond acceptors (Lipinski definition) is 4. The van der Waals surface area contributed by atoms with E-state index < -0.39 is 22.3 Å². The van der Waals surface area contributed by atoms with Crippen molar-refractivity contribution < 1.29 is 26.3 Å². The van der Waals surface area contributed by atoms with Gasteiger partial charge >= 0.3 is 6.18 Å². The third-order valence-corrected chi connectivity index (χ3v) is 3.05. The number of benzene rings is 1. The summed E-state index contributed by atoms with van der Waals surface area (Å²) in [6.07, 6.45) is -6.55. The van der Waals surface area contributed by atoms with E-state index in [0.717, 1.165) is 25.1 Å². The Morgan fingerprint density at radius 3 is 2.28 bits per heavy atom. The summed E-state index contributed by atoms with van der Waals surface area (Å²) >= 11 is 0. The second kappa shape index (κ2) is 4.65. The van der Waals surface area contributed by atoms with Gasteiger partial charge < -0.3 is 10.5 Å². The minimum Gasteiger partial charge on any atom is -0.481 e. The third-order valence-electron chi connectivity index (χ3n) is 2.06. The molecule has 1 aromatic rings. The highest BCUT2D eigenvalue weighted by Crippen LogP contribution is 2.28. The molecule has 4 N–H and O–H groups in total. The number of ether oxygens (including phenoxy) is 1. The molecule has 0 saturated heterocycles. The lowest BCUT2D eigenvalue weighted by Crippen LogP contribution is -2.31. The number of nitrogen functional groups attached to an aromatic ring is 1. The van der Waals surface area contributed by atoms with E-state index in [1.165, 1.54) is 0 Å². The smallest absolute Gasteiger partial charge is 0.425 e. The largest absolute Gasteiger partial charge is 0.481 e. The Kier molecular flexibility index (Phi) is 3.77. The van der Waals surface area contributed by atoms with E-state index in [0.29, 0.717) is 0 Å². The van der Waals surface area contributed by atoms with E-state index in [1.54, 1.807) is 0 Å². The van der Waals surface area contributed by atoms with Crippen molar-refractivity contribution in [2.45, 2.75) is 24.1 Å². The van der Waals surface area contributed by atoms with Gasteiger partial charge in [-0.2, -0.15) is 13.2 Å². The maximum absolute atomic E-state index is 12.2. The highest BCUT2D eigenvalue weighted by atomic mass is 32.2. The fraction of sp³-hybridized carbons (Fsp3) is 0.333. The van der Waals surface area contributed by atoms with Crippen molar-refractivity contribution in [3.8, 4) is 5.75 Å². The molecule has 0 bridgehead atoms. The van der Waals surface area contributed by atoms with Crippen LogP contribution in [0, 0.1) is 0 Å². The number of hydrogen-bond donors (Lipinski definition) is 2. The van der Waals surface area contributed by atoms with Crippen LogP contribution in [0.4, 0.5) is 18.9 Å². The topological polar surface area (TPSA) is 95.4 Å². The molecule has 0 aromatic heterocycles. The molecule has 1 atom stereocenters. The standard InChI is InChI=1S/C9H11F3N2O3S/c1-5(9(10,11)12)17-6-2-3-8(7(13)4-6)18(14,15)16/h2-5H,13H2,1H3,(H2,14,15,16). The molecular formula is C9H11F3N2O3S. The Bertz CT molecular complexity index is 542. The molecule has 0 spiro atoms. The van der Waals surface area contributed by atoms with Crippen molar-refractivity contribution in [2.24, 2.45) is 5.14 Å². The normalized spacial score (nSPS) is 14.3. The van der Waals surface area contributed by atoms with Crippen molar-refractivity contribution in [3.63, 3.8) is 0 Å². The quantitative estimate of drug-likeness (QED) is 0.816. The van der Waals surface area contributed by atoms with Crippen molar-refractivity contribution in [3.05, 3.63) is 18.2 Å². The second-order valence-electron chi connectivity index (χ2n) is 3.55. The van der Waals surface area contributed by atoms with E-state index in [4.69, 9.17) is 10.9 Å². The molecular weight excluding hydrogens is 273 g/mol. The molecule has 0 heterocycles. The Balaban J connectivity index is 3.00. The summed E-state index contributed by atoms with van der Waals surface area (Å²) in [5.41, 5.74) is 5.10. The SMILES string of the molecule is CC(Oc1ccc(S(N)(=O)=O)c(N)c1)C(F)(F)F. The van der Waals surface area contributed by atoms with Gasteiger partial charge in [0.15, 0.2) is 6.10 Å². The van der Waals surface area contributed by atoms with Crippen LogP contribution in [-0.4, -0.2) is 20.7 Å². The Morgan fingerprint density at radius 2 is 1.89 bits per heavy atom. The third kappa shape index (κ3) is 3.50. The first-order valence-electron chi connectivity index (χ1n) is 4.67. The van der Waals surface area contributed by atoms with Crippen LogP contribution in [0.2, 0.25) is 0 Å². The molecule has 5 nitrogen and oxygen atoms in total. The van der Waals surface area contributed by atoms with E-state index in [2.05, 4.69) is 4.74 Å². The highest BCUT2D eigenvalue weighted by molar-refractivity contribution is 7.89. The predicted molar refractivity (Wildman–Crippen MR) is 58.4 cm³/mol.